The van der Waals surface area contributed by atoms with Crippen molar-refractivity contribution in [1.29, 1.82) is 5.26 Å². The van der Waals surface area contributed by atoms with Crippen LogP contribution in [-0.4, -0.2) is 61.0 Å². The average molecular weight is 333 g/mol. The summed E-state index contributed by atoms with van der Waals surface area (Å²) in [4.78, 5) is 13.4. The molecule has 0 bridgehead atoms. The Labute approximate surface area is 141 Å². The van der Waals surface area contributed by atoms with Gasteiger partial charge in [-0.1, -0.05) is 12.1 Å². The maximum Gasteiger partial charge on any atom is 0.266 e. The first-order valence-corrected chi connectivity index (χ1v) is 7.63. The van der Waals surface area contributed by atoms with Crippen molar-refractivity contribution in [2.45, 2.75) is 6.42 Å². The minimum atomic E-state index is -0.519. The highest BCUT2D eigenvalue weighted by molar-refractivity contribution is 5.97. The van der Waals surface area contributed by atoms with Gasteiger partial charge in [-0.15, -0.1) is 0 Å². The molecule has 1 aromatic rings. The summed E-state index contributed by atoms with van der Waals surface area (Å²) < 4.78 is 5.15. The number of nitrogens with one attached hydrogen (secondary N) is 1. The fourth-order valence-electron chi connectivity index (χ4n) is 2.09. The van der Waals surface area contributed by atoms with E-state index in [9.17, 15) is 4.79 Å². The molecule has 3 N–H and O–H groups in total. The van der Waals surface area contributed by atoms with Crippen LogP contribution in [-0.2, 0) is 11.2 Å². The average Bonchev–Trinajstić information content (AvgIpc) is 2.61. The zero-order valence-corrected chi connectivity index (χ0v) is 13.7. The second-order valence-electron chi connectivity index (χ2n) is 4.96. The molecule has 0 saturated heterocycles. The lowest BCUT2D eigenvalue weighted by molar-refractivity contribution is -0.127. The molecule has 7 heteroatoms. The van der Waals surface area contributed by atoms with Crippen LogP contribution in [0.3, 0.4) is 0 Å². The third-order valence-corrected chi connectivity index (χ3v) is 3.32. The van der Waals surface area contributed by atoms with Crippen molar-refractivity contribution >= 4 is 5.91 Å². The second-order valence-corrected chi connectivity index (χ2v) is 4.96. The SMILES string of the molecule is COc1cccc(CCN/C=C(/C#N)C(=O)N(CCO)CCO)c1. The van der Waals surface area contributed by atoms with Crippen LogP contribution in [0, 0.1) is 11.3 Å². The molecule has 0 aliphatic heterocycles. The molecule has 0 fully saturated rings. The van der Waals surface area contributed by atoms with E-state index < -0.39 is 5.91 Å². The van der Waals surface area contributed by atoms with Gasteiger partial charge in [0.05, 0.1) is 20.3 Å². The van der Waals surface area contributed by atoms with Gasteiger partial charge in [0.25, 0.3) is 5.91 Å². The topological polar surface area (TPSA) is 106 Å². The Bertz CT molecular complexity index is 590. The Kier molecular flexibility index (Phi) is 8.97. The molecule has 1 aromatic carbocycles. The molecule has 1 amide bonds. The summed E-state index contributed by atoms with van der Waals surface area (Å²) in [7, 11) is 1.61. The van der Waals surface area contributed by atoms with Crippen molar-refractivity contribution in [2.24, 2.45) is 0 Å². The van der Waals surface area contributed by atoms with E-state index in [-0.39, 0.29) is 31.9 Å². The number of methoxy groups -OCH3 is 1. The van der Waals surface area contributed by atoms with Crippen LogP contribution in [0.4, 0.5) is 0 Å². The van der Waals surface area contributed by atoms with E-state index in [2.05, 4.69) is 5.32 Å². The molecule has 0 aliphatic rings. The van der Waals surface area contributed by atoms with Crippen LogP contribution in [0.1, 0.15) is 5.56 Å². The summed E-state index contributed by atoms with van der Waals surface area (Å²) >= 11 is 0. The number of rotatable bonds is 10. The number of benzene rings is 1. The first-order valence-electron chi connectivity index (χ1n) is 7.63. The molecule has 0 heterocycles. The van der Waals surface area contributed by atoms with E-state index in [4.69, 9.17) is 20.2 Å². The van der Waals surface area contributed by atoms with Crippen molar-refractivity contribution in [3.05, 3.63) is 41.6 Å². The monoisotopic (exact) mass is 333 g/mol. The fraction of sp³-hybridized carbons (Fsp3) is 0.412. The van der Waals surface area contributed by atoms with Crippen LogP contribution < -0.4 is 10.1 Å². The Morgan fingerprint density at radius 3 is 2.67 bits per heavy atom. The molecule has 7 nitrogen and oxygen atoms in total. The van der Waals surface area contributed by atoms with E-state index in [1.54, 1.807) is 7.11 Å². The highest BCUT2D eigenvalue weighted by Gasteiger charge is 2.17. The smallest absolute Gasteiger partial charge is 0.266 e. The number of hydrogen-bond acceptors (Lipinski definition) is 6. The van der Waals surface area contributed by atoms with E-state index in [1.165, 1.54) is 11.1 Å². The number of ether oxygens (including phenoxy) is 1. The van der Waals surface area contributed by atoms with Gasteiger partial charge in [-0.25, -0.2) is 0 Å². The standard InChI is InChI=1S/C17H23N3O4/c1-24-16-4-2-3-14(11-16)5-6-19-13-15(12-18)17(23)20(7-9-21)8-10-22/h2-4,11,13,19,21-22H,5-10H2,1H3/b15-13-. The van der Waals surface area contributed by atoms with Crippen LogP contribution >= 0.6 is 0 Å². The van der Waals surface area contributed by atoms with E-state index >= 15 is 0 Å². The van der Waals surface area contributed by atoms with Gasteiger partial charge in [-0.2, -0.15) is 5.26 Å². The Hall–Kier alpha value is -2.56. The first kappa shape index (κ1) is 19.5. The zero-order valence-electron chi connectivity index (χ0n) is 13.7. The zero-order chi connectivity index (χ0) is 17.8. The summed E-state index contributed by atoms with van der Waals surface area (Å²) in [6.07, 6.45) is 2.07. The number of aliphatic hydroxyl groups is 2. The summed E-state index contributed by atoms with van der Waals surface area (Å²) in [5.41, 5.74) is 1.00. The van der Waals surface area contributed by atoms with E-state index in [0.29, 0.717) is 13.0 Å². The third-order valence-electron chi connectivity index (χ3n) is 3.32. The number of hydrogen-bond donors (Lipinski definition) is 3. The van der Waals surface area contributed by atoms with Gasteiger partial charge in [0.15, 0.2) is 0 Å². The summed E-state index contributed by atoms with van der Waals surface area (Å²) in [5, 5.41) is 30.0. The predicted molar refractivity (Wildman–Crippen MR) is 89.1 cm³/mol. The number of carbonyl (C=O) groups excluding carboxylic acids is 1. The van der Waals surface area contributed by atoms with Gasteiger partial charge in [0.1, 0.15) is 17.4 Å². The molecule has 130 valence electrons. The molecule has 0 atom stereocenters. The van der Waals surface area contributed by atoms with E-state index in [1.807, 2.05) is 30.3 Å². The van der Waals surface area contributed by atoms with Gasteiger partial charge in [-0.3, -0.25) is 4.79 Å². The quantitative estimate of drug-likeness (QED) is 0.317. The number of nitriles is 1. The molecule has 24 heavy (non-hydrogen) atoms. The van der Waals surface area contributed by atoms with Gasteiger partial charge in [0.2, 0.25) is 0 Å². The lowest BCUT2D eigenvalue weighted by Crippen LogP contribution is -2.37. The van der Waals surface area contributed by atoms with Gasteiger partial charge in [-0.05, 0) is 24.1 Å². The highest BCUT2D eigenvalue weighted by atomic mass is 16.5. The maximum absolute atomic E-state index is 12.2. The lowest BCUT2D eigenvalue weighted by Gasteiger charge is -2.20. The number of amides is 1. The number of aliphatic hydroxyl groups excluding tert-OH is 2. The number of nitrogens with zero attached hydrogens (tertiary/aromatic N) is 2. The van der Waals surface area contributed by atoms with Crippen molar-refractivity contribution in [2.75, 3.05) is 40.0 Å². The van der Waals surface area contributed by atoms with Gasteiger partial charge >= 0.3 is 0 Å². The van der Waals surface area contributed by atoms with Crippen molar-refractivity contribution in [1.82, 2.24) is 10.2 Å². The molecule has 1 rings (SSSR count). The fourth-order valence-corrected chi connectivity index (χ4v) is 2.09. The Morgan fingerprint density at radius 1 is 1.38 bits per heavy atom. The Morgan fingerprint density at radius 2 is 2.08 bits per heavy atom. The van der Waals surface area contributed by atoms with Crippen LogP contribution in [0.25, 0.3) is 0 Å². The predicted octanol–water partition coefficient (Wildman–Crippen LogP) is 0.0480. The van der Waals surface area contributed by atoms with Crippen molar-refractivity contribution in [3.63, 3.8) is 0 Å². The minimum Gasteiger partial charge on any atom is -0.497 e. The van der Waals surface area contributed by atoms with Crippen LogP contribution in [0.5, 0.6) is 5.75 Å². The lowest BCUT2D eigenvalue weighted by atomic mass is 10.1. The van der Waals surface area contributed by atoms with Crippen molar-refractivity contribution < 1.29 is 19.7 Å². The van der Waals surface area contributed by atoms with Crippen molar-refractivity contribution in [3.8, 4) is 11.8 Å². The summed E-state index contributed by atoms with van der Waals surface area (Å²) in [5.74, 6) is 0.258. The van der Waals surface area contributed by atoms with Crippen LogP contribution in [0.15, 0.2) is 36.0 Å². The molecular formula is C17H23N3O4. The molecule has 0 unspecified atom stereocenters. The largest absolute Gasteiger partial charge is 0.497 e. The van der Waals surface area contributed by atoms with E-state index in [0.717, 1.165) is 11.3 Å². The highest BCUT2D eigenvalue weighted by Crippen LogP contribution is 2.12. The van der Waals surface area contributed by atoms with Crippen LogP contribution in [0.2, 0.25) is 0 Å². The Balaban J connectivity index is 2.58. The first-order chi connectivity index (χ1) is 11.7. The third kappa shape index (κ3) is 6.28. The minimum absolute atomic E-state index is 0.0671. The maximum atomic E-state index is 12.2. The second kappa shape index (κ2) is 11.0. The normalized spacial score (nSPS) is 10.8. The molecule has 0 saturated carbocycles. The summed E-state index contributed by atoms with van der Waals surface area (Å²) in [6, 6.07) is 9.49. The van der Waals surface area contributed by atoms with Gasteiger partial charge < -0.3 is 25.2 Å². The molecule has 0 spiro atoms. The molecule has 0 radical (unpaired) electrons. The molecule has 0 aromatic heterocycles. The van der Waals surface area contributed by atoms with Gasteiger partial charge in [0, 0.05) is 25.8 Å². The number of carbonyl (C=O) groups is 1. The summed E-state index contributed by atoms with van der Waals surface area (Å²) in [6.45, 7) is 0.234. The molecular weight excluding hydrogens is 310 g/mol. The molecule has 0 aliphatic carbocycles.